The maximum Gasteiger partial charge on any atom is 0.326 e. The highest BCUT2D eigenvalue weighted by Gasteiger charge is 2.27. The lowest BCUT2D eigenvalue weighted by molar-refractivity contribution is 0.0932. The summed E-state index contributed by atoms with van der Waals surface area (Å²) in [6.07, 6.45) is 1.56. The molecule has 4 rings (SSSR count). The van der Waals surface area contributed by atoms with Crippen molar-refractivity contribution in [2.24, 2.45) is 0 Å². The first kappa shape index (κ1) is 16.8. The van der Waals surface area contributed by atoms with Gasteiger partial charge >= 0.3 is 5.69 Å². The summed E-state index contributed by atoms with van der Waals surface area (Å²) in [6, 6.07) is 15.9. The molecule has 1 aliphatic carbocycles. The number of benzene rings is 2. The molecule has 0 unspecified atom stereocenters. The number of carbonyl (C=O) groups excluding carboxylic acids is 1. The molecule has 7 nitrogen and oxygen atoms in total. The van der Waals surface area contributed by atoms with Crippen molar-refractivity contribution < 1.29 is 4.79 Å². The third-order valence-corrected chi connectivity index (χ3v) is 4.87. The highest BCUT2D eigenvalue weighted by Crippen LogP contribution is 2.37. The minimum atomic E-state index is -0.776. The minimum absolute atomic E-state index is 0.210. The van der Waals surface area contributed by atoms with Crippen LogP contribution in [0.5, 0.6) is 0 Å². The first-order valence-electron chi connectivity index (χ1n) is 8.64. The molecule has 7 heteroatoms. The summed E-state index contributed by atoms with van der Waals surface area (Å²) >= 11 is 0. The Kier molecular flexibility index (Phi) is 4.12. The van der Waals surface area contributed by atoms with E-state index in [9.17, 15) is 14.4 Å². The third-order valence-electron chi connectivity index (χ3n) is 4.87. The fourth-order valence-corrected chi connectivity index (χ4v) is 3.60. The number of anilines is 1. The summed E-state index contributed by atoms with van der Waals surface area (Å²) in [5.41, 5.74) is 8.10. The molecule has 5 N–H and O–H groups in total. The van der Waals surface area contributed by atoms with Crippen molar-refractivity contribution >= 4 is 11.6 Å². The smallest absolute Gasteiger partial charge is 0.326 e. The zero-order valence-electron chi connectivity index (χ0n) is 14.4. The summed E-state index contributed by atoms with van der Waals surface area (Å²) in [5, 5.41) is 2.88. The molecule has 1 amide bonds. The van der Waals surface area contributed by atoms with Crippen LogP contribution >= 0.6 is 0 Å². The number of hydrogen-bond acceptors (Lipinski definition) is 4. The van der Waals surface area contributed by atoms with E-state index in [1.807, 2.05) is 35.3 Å². The van der Waals surface area contributed by atoms with Crippen LogP contribution in [0, 0.1) is 0 Å². The van der Waals surface area contributed by atoms with Gasteiger partial charge in [-0.1, -0.05) is 48.5 Å². The molecule has 0 spiro atoms. The second-order valence-electron chi connectivity index (χ2n) is 6.50. The molecule has 136 valence electrons. The predicted octanol–water partition coefficient (Wildman–Crippen LogP) is 1.73. The molecule has 0 aliphatic heterocycles. The zero-order chi connectivity index (χ0) is 19.0. The van der Waals surface area contributed by atoms with Crippen molar-refractivity contribution in [3.05, 3.63) is 86.2 Å². The van der Waals surface area contributed by atoms with E-state index < -0.39 is 17.2 Å². The number of nitrogens with two attached hydrogens (primary N) is 1. The number of aromatic nitrogens is 2. The zero-order valence-corrected chi connectivity index (χ0v) is 14.4. The van der Waals surface area contributed by atoms with Crippen LogP contribution in [0.3, 0.4) is 0 Å². The normalized spacial score (nSPS) is 15.3. The number of H-pyrrole nitrogens is 2. The average Bonchev–Trinajstić information content (AvgIpc) is 3.08. The van der Waals surface area contributed by atoms with Crippen molar-refractivity contribution in [1.29, 1.82) is 0 Å². The van der Waals surface area contributed by atoms with Gasteiger partial charge in [-0.3, -0.25) is 14.6 Å². The van der Waals surface area contributed by atoms with E-state index >= 15 is 0 Å². The van der Waals surface area contributed by atoms with E-state index in [4.69, 9.17) is 5.73 Å². The molecule has 1 aromatic heterocycles. The van der Waals surface area contributed by atoms with Crippen LogP contribution in [-0.2, 0) is 6.42 Å². The van der Waals surface area contributed by atoms with Crippen molar-refractivity contribution in [3.63, 3.8) is 0 Å². The van der Waals surface area contributed by atoms with E-state index in [0.29, 0.717) is 0 Å². The number of rotatable bonds is 3. The molecule has 0 fully saturated rings. The highest BCUT2D eigenvalue weighted by molar-refractivity contribution is 5.97. The molecule has 1 aliphatic rings. The standard InChI is InChI=1S/C20H18N4O3/c21-16-17(23-20(27)24-18(16)25)19(26)22-15-10-9-13-12(7-4-8-14(13)15)11-5-2-1-3-6-11/h1-8,15H,9-10,21H2,(H,22,26)(H2,23,24,25,27)/t15-/m1/s1. The van der Waals surface area contributed by atoms with Crippen molar-refractivity contribution in [2.45, 2.75) is 18.9 Å². The van der Waals surface area contributed by atoms with E-state index in [0.717, 1.165) is 29.5 Å². The van der Waals surface area contributed by atoms with Crippen LogP contribution in [0.25, 0.3) is 11.1 Å². The van der Waals surface area contributed by atoms with Gasteiger partial charge in [0.25, 0.3) is 11.5 Å². The number of amides is 1. The summed E-state index contributed by atoms with van der Waals surface area (Å²) in [5.74, 6) is -0.571. The van der Waals surface area contributed by atoms with Gasteiger partial charge in [0.1, 0.15) is 11.4 Å². The fraction of sp³-hybridized carbons (Fsp3) is 0.150. The fourth-order valence-electron chi connectivity index (χ4n) is 3.60. The lowest BCUT2D eigenvalue weighted by atomic mass is 9.96. The number of aromatic amines is 2. The molecule has 2 aromatic carbocycles. The highest BCUT2D eigenvalue weighted by atomic mass is 16.2. The van der Waals surface area contributed by atoms with E-state index in [1.165, 1.54) is 5.56 Å². The number of carbonyl (C=O) groups is 1. The van der Waals surface area contributed by atoms with Crippen LogP contribution in [0.4, 0.5) is 5.69 Å². The van der Waals surface area contributed by atoms with Gasteiger partial charge in [0.05, 0.1) is 6.04 Å². The molecule has 0 saturated carbocycles. The lowest BCUT2D eigenvalue weighted by Crippen LogP contribution is -2.34. The van der Waals surface area contributed by atoms with E-state index in [2.05, 4.69) is 28.5 Å². The second-order valence-corrected chi connectivity index (χ2v) is 6.50. The Hall–Kier alpha value is -3.61. The Labute approximate surface area is 154 Å². The Morgan fingerprint density at radius 1 is 1.04 bits per heavy atom. The van der Waals surface area contributed by atoms with Gasteiger partial charge < -0.3 is 16.0 Å². The van der Waals surface area contributed by atoms with Crippen LogP contribution in [-0.4, -0.2) is 15.9 Å². The molecule has 3 aromatic rings. The Bertz CT molecular complexity index is 1130. The van der Waals surface area contributed by atoms with Crippen LogP contribution in [0.1, 0.15) is 34.1 Å². The molecule has 1 atom stereocenters. The van der Waals surface area contributed by atoms with Crippen LogP contribution in [0.2, 0.25) is 0 Å². The number of nitrogen functional groups attached to an aromatic ring is 1. The van der Waals surface area contributed by atoms with Gasteiger partial charge in [0, 0.05) is 0 Å². The predicted molar refractivity (Wildman–Crippen MR) is 103 cm³/mol. The van der Waals surface area contributed by atoms with E-state index in [1.54, 1.807) is 0 Å². The van der Waals surface area contributed by atoms with Gasteiger partial charge in [-0.15, -0.1) is 0 Å². The van der Waals surface area contributed by atoms with Crippen molar-refractivity contribution in [1.82, 2.24) is 15.3 Å². The quantitative estimate of drug-likeness (QED) is 0.567. The molecule has 0 saturated heterocycles. The van der Waals surface area contributed by atoms with E-state index in [-0.39, 0.29) is 17.4 Å². The maximum absolute atomic E-state index is 12.6. The van der Waals surface area contributed by atoms with Gasteiger partial charge in [-0.05, 0) is 35.1 Å². The average molecular weight is 362 g/mol. The summed E-state index contributed by atoms with van der Waals surface area (Å²) in [6.45, 7) is 0. The summed E-state index contributed by atoms with van der Waals surface area (Å²) in [7, 11) is 0. The number of fused-ring (bicyclic) bond motifs is 1. The summed E-state index contributed by atoms with van der Waals surface area (Å²) in [4.78, 5) is 40.0. The Morgan fingerprint density at radius 3 is 2.59 bits per heavy atom. The van der Waals surface area contributed by atoms with Crippen LogP contribution < -0.4 is 22.3 Å². The van der Waals surface area contributed by atoms with Gasteiger partial charge in [0.15, 0.2) is 0 Å². The Morgan fingerprint density at radius 2 is 1.81 bits per heavy atom. The maximum atomic E-state index is 12.6. The SMILES string of the molecule is Nc1c(C(=O)N[C@@H]2CCc3c(-c4ccccc4)cccc32)[nH]c(=O)[nH]c1=O. The molecule has 27 heavy (non-hydrogen) atoms. The number of hydrogen-bond donors (Lipinski definition) is 4. The van der Waals surface area contributed by atoms with Gasteiger partial charge in [-0.2, -0.15) is 0 Å². The summed E-state index contributed by atoms with van der Waals surface area (Å²) < 4.78 is 0. The molecule has 0 bridgehead atoms. The molecule has 0 radical (unpaired) electrons. The molecule has 1 heterocycles. The minimum Gasteiger partial charge on any atom is -0.392 e. The van der Waals surface area contributed by atoms with Crippen molar-refractivity contribution in [2.75, 3.05) is 5.73 Å². The van der Waals surface area contributed by atoms with Gasteiger partial charge in [0.2, 0.25) is 0 Å². The Balaban J connectivity index is 1.66. The van der Waals surface area contributed by atoms with Crippen LogP contribution in [0.15, 0.2) is 58.1 Å². The second kappa shape index (κ2) is 6.60. The third kappa shape index (κ3) is 3.03. The number of nitrogens with one attached hydrogen (secondary N) is 3. The monoisotopic (exact) mass is 362 g/mol. The first-order chi connectivity index (χ1) is 13.0. The topological polar surface area (TPSA) is 121 Å². The van der Waals surface area contributed by atoms with Crippen molar-refractivity contribution in [3.8, 4) is 11.1 Å². The largest absolute Gasteiger partial charge is 0.392 e. The molecular weight excluding hydrogens is 344 g/mol. The first-order valence-corrected chi connectivity index (χ1v) is 8.64. The molecular formula is C20H18N4O3. The van der Waals surface area contributed by atoms with Gasteiger partial charge in [-0.25, -0.2) is 4.79 Å². The lowest BCUT2D eigenvalue weighted by Gasteiger charge is -2.15.